The first-order valence-electron chi connectivity index (χ1n) is 7.01. The number of phenols is 1. The van der Waals surface area contributed by atoms with E-state index in [0.717, 1.165) is 24.8 Å². The quantitative estimate of drug-likeness (QED) is 0.729. The number of ketones is 1. The van der Waals surface area contributed by atoms with Crippen molar-refractivity contribution in [1.82, 2.24) is 4.90 Å². The van der Waals surface area contributed by atoms with Crippen molar-refractivity contribution in [1.29, 1.82) is 0 Å². The fourth-order valence-corrected chi connectivity index (χ4v) is 2.18. The van der Waals surface area contributed by atoms with E-state index >= 15 is 0 Å². The smallest absolute Gasteiger partial charge is 0.134 e. The third kappa shape index (κ3) is 5.43. The third-order valence-electron chi connectivity index (χ3n) is 3.38. The molecule has 0 aromatic heterocycles. The summed E-state index contributed by atoms with van der Waals surface area (Å²) in [6, 6.07) is 7.22. The first kappa shape index (κ1) is 15.7. The van der Waals surface area contributed by atoms with E-state index in [1.54, 1.807) is 12.1 Å². The Labute approximate surface area is 116 Å². The van der Waals surface area contributed by atoms with E-state index in [0.29, 0.717) is 18.6 Å². The fourth-order valence-electron chi connectivity index (χ4n) is 2.18. The highest BCUT2D eigenvalue weighted by Crippen LogP contribution is 2.25. The molecule has 1 aromatic carbocycles. The van der Waals surface area contributed by atoms with Crippen molar-refractivity contribution in [2.45, 2.75) is 45.1 Å². The molecule has 1 N–H and O–H groups in total. The fraction of sp³-hybridized carbons (Fsp3) is 0.562. The summed E-state index contributed by atoms with van der Waals surface area (Å²) in [4.78, 5) is 14.1. The largest absolute Gasteiger partial charge is 0.508 e. The van der Waals surface area contributed by atoms with Gasteiger partial charge in [0.1, 0.15) is 11.5 Å². The number of hydrogen-bond acceptors (Lipinski definition) is 3. The average molecular weight is 263 g/mol. The number of phenolic OH excluding ortho intramolecular Hbond substituents is 1. The number of Topliss-reactive ketones (excluding diaryl/α,β-unsaturated/α-hetero) is 1. The van der Waals surface area contributed by atoms with Gasteiger partial charge >= 0.3 is 0 Å². The van der Waals surface area contributed by atoms with Crippen LogP contribution in [0.3, 0.4) is 0 Å². The second-order valence-corrected chi connectivity index (χ2v) is 5.27. The summed E-state index contributed by atoms with van der Waals surface area (Å²) in [6.07, 6.45) is 4.47. The lowest BCUT2D eigenvalue weighted by molar-refractivity contribution is -0.120. The molecule has 106 valence electrons. The maximum Gasteiger partial charge on any atom is 0.134 e. The molecule has 1 rings (SSSR count). The molecule has 3 nitrogen and oxygen atoms in total. The van der Waals surface area contributed by atoms with Crippen LogP contribution in [0.4, 0.5) is 0 Å². The second kappa shape index (κ2) is 7.95. The maximum atomic E-state index is 12.0. The molecular weight excluding hydrogens is 238 g/mol. The van der Waals surface area contributed by atoms with Crippen LogP contribution in [0, 0.1) is 0 Å². The minimum Gasteiger partial charge on any atom is -0.508 e. The zero-order chi connectivity index (χ0) is 14.3. The van der Waals surface area contributed by atoms with E-state index in [4.69, 9.17) is 0 Å². The number of hydrogen-bond donors (Lipinski definition) is 1. The van der Waals surface area contributed by atoms with Gasteiger partial charge in [-0.15, -0.1) is 0 Å². The Bertz CT molecular complexity index is 384. The minimum absolute atomic E-state index is 0.0923. The Morgan fingerprint density at radius 1 is 1.21 bits per heavy atom. The van der Waals surface area contributed by atoms with E-state index in [1.807, 2.05) is 26.2 Å². The van der Waals surface area contributed by atoms with E-state index < -0.39 is 0 Å². The lowest BCUT2D eigenvalue weighted by Crippen LogP contribution is -2.22. The van der Waals surface area contributed by atoms with Crippen molar-refractivity contribution < 1.29 is 9.90 Å². The molecule has 0 aliphatic carbocycles. The standard InChI is InChI=1S/C16H25NO2/c1-4-5-6-7-15(19)12-16(17(2)3)13-8-10-14(18)11-9-13/h8-11,16,18H,4-7,12H2,1-3H3. The summed E-state index contributed by atoms with van der Waals surface area (Å²) in [5.41, 5.74) is 1.08. The van der Waals surface area contributed by atoms with Gasteiger partial charge in [0.15, 0.2) is 0 Å². The maximum absolute atomic E-state index is 12.0. The van der Waals surface area contributed by atoms with Crippen LogP contribution in [-0.2, 0) is 4.79 Å². The molecule has 0 heterocycles. The molecule has 0 saturated carbocycles. The number of nitrogens with zero attached hydrogens (tertiary/aromatic N) is 1. The average Bonchev–Trinajstić information content (AvgIpc) is 2.37. The van der Waals surface area contributed by atoms with Crippen LogP contribution in [0.15, 0.2) is 24.3 Å². The number of aromatic hydroxyl groups is 1. The van der Waals surface area contributed by atoms with Crippen molar-refractivity contribution >= 4 is 5.78 Å². The van der Waals surface area contributed by atoms with Gasteiger partial charge in [0.2, 0.25) is 0 Å². The van der Waals surface area contributed by atoms with Crippen molar-refractivity contribution in [3.8, 4) is 5.75 Å². The molecule has 1 atom stereocenters. The Morgan fingerprint density at radius 3 is 2.37 bits per heavy atom. The Morgan fingerprint density at radius 2 is 1.84 bits per heavy atom. The molecule has 0 bridgehead atoms. The molecule has 19 heavy (non-hydrogen) atoms. The SMILES string of the molecule is CCCCCC(=O)CC(c1ccc(O)cc1)N(C)C. The topological polar surface area (TPSA) is 40.5 Å². The molecule has 0 radical (unpaired) electrons. The zero-order valence-electron chi connectivity index (χ0n) is 12.2. The van der Waals surface area contributed by atoms with Crippen LogP contribution < -0.4 is 0 Å². The van der Waals surface area contributed by atoms with Crippen LogP contribution in [0.5, 0.6) is 5.75 Å². The summed E-state index contributed by atoms with van der Waals surface area (Å²) < 4.78 is 0. The molecular formula is C16H25NO2. The lowest BCUT2D eigenvalue weighted by atomic mass is 9.98. The van der Waals surface area contributed by atoms with Crippen LogP contribution in [-0.4, -0.2) is 29.9 Å². The Kier molecular flexibility index (Phi) is 6.57. The van der Waals surface area contributed by atoms with Gasteiger partial charge in [0, 0.05) is 18.9 Å². The van der Waals surface area contributed by atoms with Gasteiger partial charge in [-0.3, -0.25) is 4.79 Å². The molecule has 3 heteroatoms. The molecule has 0 aliphatic rings. The first-order valence-corrected chi connectivity index (χ1v) is 7.01. The van der Waals surface area contributed by atoms with Gasteiger partial charge in [-0.05, 0) is 38.2 Å². The molecule has 0 amide bonds. The van der Waals surface area contributed by atoms with E-state index in [2.05, 4.69) is 11.8 Å². The summed E-state index contributed by atoms with van der Waals surface area (Å²) in [7, 11) is 3.97. The lowest BCUT2D eigenvalue weighted by Gasteiger charge is -2.24. The van der Waals surface area contributed by atoms with Crippen molar-refractivity contribution in [2.75, 3.05) is 14.1 Å². The van der Waals surface area contributed by atoms with E-state index in [9.17, 15) is 9.90 Å². The summed E-state index contributed by atoms with van der Waals surface area (Å²) in [5.74, 6) is 0.579. The second-order valence-electron chi connectivity index (χ2n) is 5.27. The van der Waals surface area contributed by atoms with E-state index in [-0.39, 0.29) is 11.8 Å². The van der Waals surface area contributed by atoms with Gasteiger partial charge in [-0.2, -0.15) is 0 Å². The first-order chi connectivity index (χ1) is 9.04. The van der Waals surface area contributed by atoms with Crippen molar-refractivity contribution in [3.05, 3.63) is 29.8 Å². The van der Waals surface area contributed by atoms with E-state index in [1.165, 1.54) is 0 Å². The van der Waals surface area contributed by atoms with Gasteiger partial charge in [0.05, 0.1) is 0 Å². The molecule has 1 aromatic rings. The molecule has 0 fully saturated rings. The predicted molar refractivity (Wildman–Crippen MR) is 78.3 cm³/mol. The van der Waals surface area contributed by atoms with Crippen molar-refractivity contribution in [3.63, 3.8) is 0 Å². The Hall–Kier alpha value is -1.35. The predicted octanol–water partition coefficient (Wildman–Crippen LogP) is 3.53. The van der Waals surface area contributed by atoms with Gasteiger partial charge in [-0.1, -0.05) is 31.9 Å². The van der Waals surface area contributed by atoms with Crippen LogP contribution in [0.1, 0.15) is 50.6 Å². The molecule has 0 spiro atoms. The zero-order valence-corrected chi connectivity index (χ0v) is 12.2. The molecule has 1 unspecified atom stereocenters. The van der Waals surface area contributed by atoms with Crippen LogP contribution in [0.25, 0.3) is 0 Å². The summed E-state index contributed by atoms with van der Waals surface area (Å²) >= 11 is 0. The molecule has 0 saturated heterocycles. The highest BCUT2D eigenvalue weighted by atomic mass is 16.3. The minimum atomic E-state index is 0.0923. The number of rotatable bonds is 8. The summed E-state index contributed by atoms with van der Waals surface area (Å²) in [6.45, 7) is 2.14. The number of benzene rings is 1. The number of carbonyl (C=O) groups excluding carboxylic acids is 1. The third-order valence-corrected chi connectivity index (χ3v) is 3.38. The highest BCUT2D eigenvalue weighted by Gasteiger charge is 2.17. The summed E-state index contributed by atoms with van der Waals surface area (Å²) in [5, 5.41) is 9.32. The number of carbonyl (C=O) groups is 1. The Balaban J connectivity index is 2.63. The normalized spacial score (nSPS) is 12.6. The number of unbranched alkanes of at least 4 members (excludes halogenated alkanes) is 2. The van der Waals surface area contributed by atoms with Crippen molar-refractivity contribution in [2.24, 2.45) is 0 Å². The van der Waals surface area contributed by atoms with Crippen LogP contribution in [0.2, 0.25) is 0 Å². The molecule has 0 aliphatic heterocycles. The van der Waals surface area contributed by atoms with Gasteiger partial charge in [0.25, 0.3) is 0 Å². The monoisotopic (exact) mass is 263 g/mol. The van der Waals surface area contributed by atoms with Crippen LogP contribution >= 0.6 is 0 Å². The van der Waals surface area contributed by atoms with Gasteiger partial charge < -0.3 is 10.0 Å². The van der Waals surface area contributed by atoms with Gasteiger partial charge in [-0.25, -0.2) is 0 Å². The highest BCUT2D eigenvalue weighted by molar-refractivity contribution is 5.79.